The van der Waals surface area contributed by atoms with Gasteiger partial charge in [-0.25, -0.2) is 0 Å². The first-order valence-electron chi connectivity index (χ1n) is 6.95. The number of carbonyl (C=O) groups excluding carboxylic acids is 2. The van der Waals surface area contributed by atoms with Crippen molar-refractivity contribution in [2.24, 2.45) is 5.92 Å². The Morgan fingerprint density at radius 1 is 1.10 bits per heavy atom. The van der Waals surface area contributed by atoms with E-state index >= 15 is 0 Å². The van der Waals surface area contributed by atoms with Crippen LogP contribution in [0.3, 0.4) is 0 Å². The number of benzene rings is 1. The second-order valence-corrected chi connectivity index (χ2v) is 5.48. The number of carbonyl (C=O) groups is 2. The quantitative estimate of drug-likeness (QED) is 0.751. The molecule has 110 valence electrons. The normalized spacial score (nSPS) is 13.8. The second-order valence-electron chi connectivity index (χ2n) is 5.48. The summed E-state index contributed by atoms with van der Waals surface area (Å²) >= 11 is 0. The molecular weight excluding hydrogens is 254 g/mol. The highest BCUT2D eigenvalue weighted by Gasteiger charge is 2.17. The van der Waals surface area contributed by atoms with Crippen molar-refractivity contribution in [2.45, 2.75) is 45.8 Å². The van der Waals surface area contributed by atoms with E-state index in [1.165, 1.54) is 0 Å². The van der Waals surface area contributed by atoms with Crippen LogP contribution in [0.5, 0.6) is 0 Å². The average Bonchev–Trinajstić information content (AvgIpc) is 2.39. The van der Waals surface area contributed by atoms with Crippen LogP contribution in [0.25, 0.3) is 0 Å². The summed E-state index contributed by atoms with van der Waals surface area (Å²) in [7, 11) is 0. The molecule has 2 unspecified atom stereocenters. The Morgan fingerprint density at radius 3 is 2.25 bits per heavy atom. The molecule has 1 rings (SSSR count). The van der Waals surface area contributed by atoms with Crippen molar-refractivity contribution in [3.8, 4) is 0 Å². The van der Waals surface area contributed by atoms with E-state index in [4.69, 9.17) is 0 Å². The van der Waals surface area contributed by atoms with Gasteiger partial charge in [0, 0.05) is 18.0 Å². The molecule has 4 heteroatoms. The van der Waals surface area contributed by atoms with Gasteiger partial charge in [-0.2, -0.15) is 0 Å². The minimum Gasteiger partial charge on any atom is -0.392 e. The van der Waals surface area contributed by atoms with Crippen molar-refractivity contribution in [3.05, 3.63) is 35.9 Å². The third kappa shape index (κ3) is 5.53. The molecule has 0 spiro atoms. The van der Waals surface area contributed by atoms with E-state index in [1.54, 1.807) is 19.1 Å². The molecular formula is C16H23NO3. The summed E-state index contributed by atoms with van der Waals surface area (Å²) in [6.07, 6.45) is -0.318. The molecule has 0 heterocycles. The van der Waals surface area contributed by atoms with Gasteiger partial charge in [0.1, 0.15) is 0 Å². The zero-order chi connectivity index (χ0) is 15.1. The lowest BCUT2D eigenvalue weighted by atomic mass is 10.0. The predicted molar refractivity (Wildman–Crippen MR) is 78.5 cm³/mol. The SMILES string of the molecule is CC(CC(=O)c1ccccc1)NC(=O)CC(O)C(C)C. The molecule has 0 fully saturated rings. The molecule has 1 aromatic carbocycles. The van der Waals surface area contributed by atoms with Crippen LogP contribution in [0.15, 0.2) is 30.3 Å². The number of aliphatic hydroxyl groups excluding tert-OH is 1. The number of ketones is 1. The maximum atomic E-state index is 12.0. The molecule has 1 amide bonds. The number of aliphatic hydroxyl groups is 1. The number of hydrogen-bond acceptors (Lipinski definition) is 3. The molecule has 0 aliphatic heterocycles. The van der Waals surface area contributed by atoms with E-state index in [1.807, 2.05) is 32.0 Å². The summed E-state index contributed by atoms with van der Waals surface area (Å²) in [6.45, 7) is 5.51. The van der Waals surface area contributed by atoms with Gasteiger partial charge in [-0.3, -0.25) is 9.59 Å². The average molecular weight is 277 g/mol. The summed E-state index contributed by atoms with van der Waals surface area (Å²) in [5.41, 5.74) is 0.649. The molecule has 20 heavy (non-hydrogen) atoms. The first-order valence-corrected chi connectivity index (χ1v) is 6.95. The van der Waals surface area contributed by atoms with Crippen molar-refractivity contribution in [1.82, 2.24) is 5.32 Å². The topological polar surface area (TPSA) is 66.4 Å². The lowest BCUT2D eigenvalue weighted by Crippen LogP contribution is -2.36. The van der Waals surface area contributed by atoms with Crippen molar-refractivity contribution in [3.63, 3.8) is 0 Å². The Kier molecular flexibility index (Phi) is 6.39. The van der Waals surface area contributed by atoms with Crippen LogP contribution in [-0.4, -0.2) is 28.9 Å². The largest absolute Gasteiger partial charge is 0.392 e. The summed E-state index contributed by atoms with van der Waals surface area (Å²) in [6, 6.07) is 8.77. The fourth-order valence-electron chi connectivity index (χ4n) is 1.83. The Morgan fingerprint density at radius 2 is 1.70 bits per heavy atom. The molecule has 2 atom stereocenters. The van der Waals surface area contributed by atoms with Crippen molar-refractivity contribution < 1.29 is 14.7 Å². The second kappa shape index (κ2) is 7.80. The van der Waals surface area contributed by atoms with Crippen LogP contribution < -0.4 is 5.32 Å². The molecule has 0 aliphatic carbocycles. The van der Waals surface area contributed by atoms with Gasteiger partial charge in [-0.05, 0) is 12.8 Å². The highest BCUT2D eigenvalue weighted by molar-refractivity contribution is 5.96. The van der Waals surface area contributed by atoms with Gasteiger partial charge in [0.15, 0.2) is 5.78 Å². The zero-order valence-corrected chi connectivity index (χ0v) is 12.3. The van der Waals surface area contributed by atoms with E-state index in [0.29, 0.717) is 5.56 Å². The van der Waals surface area contributed by atoms with Crippen LogP contribution >= 0.6 is 0 Å². The van der Waals surface area contributed by atoms with Gasteiger partial charge in [0.2, 0.25) is 5.91 Å². The van der Waals surface area contributed by atoms with Crippen molar-refractivity contribution in [2.75, 3.05) is 0 Å². The van der Waals surface area contributed by atoms with E-state index in [2.05, 4.69) is 5.32 Å². The van der Waals surface area contributed by atoms with Gasteiger partial charge in [-0.15, -0.1) is 0 Å². The number of Topliss-reactive ketones (excluding diaryl/α,β-unsaturated/α-hetero) is 1. The molecule has 0 bridgehead atoms. The van der Waals surface area contributed by atoms with Crippen molar-refractivity contribution >= 4 is 11.7 Å². The Labute approximate surface area is 120 Å². The van der Waals surface area contributed by atoms with Crippen LogP contribution in [0.4, 0.5) is 0 Å². The number of amides is 1. The molecule has 0 saturated heterocycles. The van der Waals surface area contributed by atoms with Gasteiger partial charge in [-0.1, -0.05) is 44.2 Å². The fourth-order valence-corrected chi connectivity index (χ4v) is 1.83. The molecule has 4 nitrogen and oxygen atoms in total. The van der Waals surface area contributed by atoms with Crippen LogP contribution in [0.1, 0.15) is 44.0 Å². The number of nitrogens with one attached hydrogen (secondary N) is 1. The molecule has 2 N–H and O–H groups in total. The molecule has 0 aromatic heterocycles. The van der Waals surface area contributed by atoms with E-state index < -0.39 is 6.10 Å². The van der Waals surface area contributed by atoms with E-state index in [9.17, 15) is 14.7 Å². The minimum absolute atomic E-state index is 0.00260. The first-order chi connectivity index (χ1) is 9.40. The smallest absolute Gasteiger partial charge is 0.222 e. The van der Waals surface area contributed by atoms with Crippen molar-refractivity contribution in [1.29, 1.82) is 0 Å². The predicted octanol–water partition coefficient (Wildman–Crippen LogP) is 2.17. The maximum Gasteiger partial charge on any atom is 0.222 e. The highest BCUT2D eigenvalue weighted by Crippen LogP contribution is 2.08. The Hall–Kier alpha value is -1.68. The van der Waals surface area contributed by atoms with Crippen LogP contribution in [0.2, 0.25) is 0 Å². The van der Waals surface area contributed by atoms with E-state index in [-0.39, 0.29) is 36.5 Å². The maximum absolute atomic E-state index is 12.0. The van der Waals surface area contributed by atoms with Gasteiger partial charge in [0.05, 0.1) is 12.5 Å². The standard InChI is InChI=1S/C16H23NO3/c1-11(2)14(18)10-16(20)17-12(3)9-15(19)13-7-5-4-6-8-13/h4-8,11-12,14,18H,9-10H2,1-3H3,(H,17,20). The molecule has 0 saturated carbocycles. The number of hydrogen-bond donors (Lipinski definition) is 2. The fraction of sp³-hybridized carbons (Fsp3) is 0.500. The highest BCUT2D eigenvalue weighted by atomic mass is 16.3. The summed E-state index contributed by atoms with van der Waals surface area (Å²) < 4.78 is 0. The summed E-state index contributed by atoms with van der Waals surface area (Å²) in [5.74, 6) is -0.177. The van der Waals surface area contributed by atoms with Gasteiger partial charge in [0.25, 0.3) is 0 Å². The summed E-state index contributed by atoms with van der Waals surface area (Å²) in [4.78, 5) is 23.7. The van der Waals surface area contributed by atoms with Gasteiger partial charge >= 0.3 is 0 Å². The monoisotopic (exact) mass is 277 g/mol. The van der Waals surface area contributed by atoms with E-state index in [0.717, 1.165) is 0 Å². The lowest BCUT2D eigenvalue weighted by Gasteiger charge is -2.17. The third-order valence-electron chi connectivity index (χ3n) is 3.16. The van der Waals surface area contributed by atoms with Crippen LogP contribution in [-0.2, 0) is 4.79 Å². The van der Waals surface area contributed by atoms with Gasteiger partial charge < -0.3 is 10.4 Å². The minimum atomic E-state index is -0.646. The Balaban J connectivity index is 2.42. The first kappa shape index (κ1) is 16.4. The lowest BCUT2D eigenvalue weighted by molar-refractivity contribution is -0.124. The number of rotatable bonds is 7. The molecule has 0 aliphatic rings. The molecule has 1 aromatic rings. The Bertz CT molecular complexity index is 442. The van der Waals surface area contributed by atoms with Crippen LogP contribution in [0, 0.1) is 5.92 Å². The molecule has 0 radical (unpaired) electrons. The zero-order valence-electron chi connectivity index (χ0n) is 12.3. The third-order valence-corrected chi connectivity index (χ3v) is 3.16. The summed E-state index contributed by atoms with van der Waals surface area (Å²) in [5, 5.41) is 12.4.